The van der Waals surface area contributed by atoms with Gasteiger partial charge in [0.15, 0.2) is 0 Å². The molecule has 0 spiro atoms. The Labute approximate surface area is 153 Å². The van der Waals surface area contributed by atoms with Gasteiger partial charge in [-0.25, -0.2) is 13.4 Å². The van der Waals surface area contributed by atoms with E-state index in [0.29, 0.717) is 13.1 Å². The average molecular weight is 376 g/mol. The number of imidazole rings is 1. The summed E-state index contributed by atoms with van der Waals surface area (Å²) >= 11 is 0. The summed E-state index contributed by atoms with van der Waals surface area (Å²) in [6.45, 7) is 3.24. The summed E-state index contributed by atoms with van der Waals surface area (Å²) in [5.74, 6) is -0.343. The third-order valence-corrected chi connectivity index (χ3v) is 6.44. The van der Waals surface area contributed by atoms with Gasteiger partial charge >= 0.3 is 0 Å². The molecule has 2 heterocycles. The molecule has 3 rings (SSSR count). The summed E-state index contributed by atoms with van der Waals surface area (Å²) in [4.78, 5) is 17.9. The van der Waals surface area contributed by atoms with Crippen LogP contribution in [0.15, 0.2) is 41.7 Å². The molecule has 1 unspecified atom stereocenters. The standard InChI is InChI=1S/C18H24N4O3S/c1-2-26(24,25)18-20-11-15(13-21-10-6-9-16(21)17(19)23)22(18)12-14-7-4-3-5-8-14/h3-5,7-8,11,16H,2,6,9-10,12-13H2,1H3,(H2,19,23). The number of hydrogen-bond acceptors (Lipinski definition) is 5. The second-order valence-electron chi connectivity index (χ2n) is 6.54. The van der Waals surface area contributed by atoms with E-state index in [1.807, 2.05) is 35.2 Å². The minimum atomic E-state index is -3.45. The summed E-state index contributed by atoms with van der Waals surface area (Å²) in [7, 11) is -3.45. The molecule has 1 aromatic carbocycles. The predicted octanol–water partition coefficient (Wildman–Crippen LogP) is 1.17. The van der Waals surface area contributed by atoms with Gasteiger partial charge in [0.05, 0.1) is 30.2 Å². The normalized spacial score (nSPS) is 18.3. The molecule has 1 aromatic heterocycles. The summed E-state index contributed by atoms with van der Waals surface area (Å²) in [5.41, 5.74) is 7.27. The van der Waals surface area contributed by atoms with Crippen LogP contribution in [0, 0.1) is 0 Å². The van der Waals surface area contributed by atoms with Crippen LogP contribution in [0.5, 0.6) is 0 Å². The minimum Gasteiger partial charge on any atom is -0.368 e. The fourth-order valence-corrected chi connectivity index (χ4v) is 4.37. The lowest BCUT2D eigenvalue weighted by molar-refractivity contribution is -0.122. The number of primary amides is 1. The molecule has 140 valence electrons. The van der Waals surface area contributed by atoms with Crippen molar-refractivity contribution in [1.29, 1.82) is 0 Å². The largest absolute Gasteiger partial charge is 0.368 e. The molecule has 26 heavy (non-hydrogen) atoms. The maximum atomic E-state index is 12.5. The number of sulfone groups is 1. The highest BCUT2D eigenvalue weighted by Crippen LogP contribution is 2.22. The van der Waals surface area contributed by atoms with Crippen molar-refractivity contribution in [3.8, 4) is 0 Å². The molecule has 1 fully saturated rings. The van der Waals surface area contributed by atoms with Crippen LogP contribution in [0.3, 0.4) is 0 Å². The van der Waals surface area contributed by atoms with Crippen LogP contribution < -0.4 is 5.73 Å². The van der Waals surface area contributed by atoms with Gasteiger partial charge < -0.3 is 10.3 Å². The van der Waals surface area contributed by atoms with Crippen LogP contribution in [0.1, 0.15) is 31.0 Å². The van der Waals surface area contributed by atoms with Crippen molar-refractivity contribution >= 4 is 15.7 Å². The highest BCUT2D eigenvalue weighted by molar-refractivity contribution is 7.91. The SMILES string of the molecule is CCS(=O)(=O)c1ncc(CN2CCCC2C(N)=O)n1Cc1ccccc1. The van der Waals surface area contributed by atoms with Gasteiger partial charge in [0, 0.05) is 6.54 Å². The molecule has 0 radical (unpaired) electrons. The average Bonchev–Trinajstić information content (AvgIpc) is 3.24. The molecule has 0 aliphatic carbocycles. The Morgan fingerprint density at radius 3 is 2.65 bits per heavy atom. The van der Waals surface area contributed by atoms with Crippen molar-refractivity contribution in [2.24, 2.45) is 5.73 Å². The van der Waals surface area contributed by atoms with Gasteiger partial charge in [-0.3, -0.25) is 9.69 Å². The van der Waals surface area contributed by atoms with Crippen LogP contribution >= 0.6 is 0 Å². The zero-order chi connectivity index (χ0) is 18.7. The Hall–Kier alpha value is -2.19. The van der Waals surface area contributed by atoms with E-state index in [1.54, 1.807) is 17.7 Å². The van der Waals surface area contributed by atoms with Gasteiger partial charge in [0.2, 0.25) is 20.9 Å². The zero-order valence-electron chi connectivity index (χ0n) is 14.8. The van der Waals surface area contributed by atoms with E-state index in [9.17, 15) is 13.2 Å². The van der Waals surface area contributed by atoms with E-state index in [4.69, 9.17) is 5.73 Å². The molecular weight excluding hydrogens is 352 g/mol. The number of likely N-dealkylation sites (tertiary alicyclic amines) is 1. The predicted molar refractivity (Wildman–Crippen MR) is 98.1 cm³/mol. The molecule has 8 heteroatoms. The van der Waals surface area contributed by atoms with Gasteiger partial charge in [-0.2, -0.15) is 0 Å². The molecule has 0 bridgehead atoms. The number of nitrogens with zero attached hydrogens (tertiary/aromatic N) is 3. The summed E-state index contributed by atoms with van der Waals surface area (Å²) in [6, 6.07) is 9.36. The Balaban J connectivity index is 1.96. The number of amides is 1. The highest BCUT2D eigenvalue weighted by atomic mass is 32.2. The van der Waals surface area contributed by atoms with Crippen LogP contribution in [-0.4, -0.2) is 47.1 Å². The van der Waals surface area contributed by atoms with Crippen molar-refractivity contribution in [3.05, 3.63) is 47.8 Å². The molecule has 1 saturated heterocycles. The lowest BCUT2D eigenvalue weighted by Crippen LogP contribution is -2.40. The Morgan fingerprint density at radius 1 is 1.27 bits per heavy atom. The summed E-state index contributed by atoms with van der Waals surface area (Å²) < 4.78 is 26.7. The third-order valence-electron chi connectivity index (χ3n) is 4.80. The van der Waals surface area contributed by atoms with Gasteiger partial charge in [-0.1, -0.05) is 37.3 Å². The van der Waals surface area contributed by atoms with Crippen molar-refractivity contribution in [2.75, 3.05) is 12.3 Å². The first-order chi connectivity index (χ1) is 12.4. The van der Waals surface area contributed by atoms with E-state index in [2.05, 4.69) is 4.98 Å². The smallest absolute Gasteiger partial charge is 0.234 e. The van der Waals surface area contributed by atoms with E-state index >= 15 is 0 Å². The first-order valence-corrected chi connectivity index (χ1v) is 10.4. The maximum Gasteiger partial charge on any atom is 0.234 e. The van der Waals surface area contributed by atoms with E-state index in [0.717, 1.165) is 30.6 Å². The highest BCUT2D eigenvalue weighted by Gasteiger charge is 2.30. The van der Waals surface area contributed by atoms with Crippen LogP contribution in [-0.2, 0) is 27.7 Å². The Bertz CT molecular complexity index is 877. The molecule has 0 saturated carbocycles. The lowest BCUT2D eigenvalue weighted by atomic mass is 10.2. The van der Waals surface area contributed by atoms with Gasteiger partial charge in [0.25, 0.3) is 0 Å². The summed E-state index contributed by atoms with van der Waals surface area (Å²) in [5, 5.41) is 0.0775. The number of benzene rings is 1. The first kappa shape index (κ1) is 18.6. The fraction of sp³-hybridized carbons (Fsp3) is 0.444. The van der Waals surface area contributed by atoms with Crippen molar-refractivity contribution in [2.45, 2.75) is 44.1 Å². The monoisotopic (exact) mass is 376 g/mol. The van der Waals surface area contributed by atoms with E-state index in [1.165, 1.54) is 0 Å². The number of rotatable bonds is 7. The number of carbonyl (C=O) groups excluding carboxylic acids is 1. The summed E-state index contributed by atoms with van der Waals surface area (Å²) in [6.07, 6.45) is 3.24. The van der Waals surface area contributed by atoms with Crippen LogP contribution in [0.25, 0.3) is 0 Å². The van der Waals surface area contributed by atoms with Gasteiger partial charge in [-0.15, -0.1) is 0 Å². The second-order valence-corrected chi connectivity index (χ2v) is 8.71. The Kier molecular flexibility index (Phi) is 5.43. The topological polar surface area (TPSA) is 98.3 Å². The van der Waals surface area contributed by atoms with Gasteiger partial charge in [-0.05, 0) is 24.9 Å². The van der Waals surface area contributed by atoms with Crippen molar-refractivity contribution in [1.82, 2.24) is 14.5 Å². The van der Waals surface area contributed by atoms with Gasteiger partial charge in [0.1, 0.15) is 0 Å². The zero-order valence-corrected chi connectivity index (χ0v) is 15.7. The molecule has 1 aliphatic rings. The third kappa shape index (κ3) is 3.81. The van der Waals surface area contributed by atoms with Crippen LogP contribution in [0.2, 0.25) is 0 Å². The number of carbonyl (C=O) groups is 1. The van der Waals surface area contributed by atoms with E-state index in [-0.39, 0.29) is 22.9 Å². The number of nitrogens with two attached hydrogens (primary N) is 1. The number of aromatic nitrogens is 2. The molecule has 2 N–H and O–H groups in total. The minimum absolute atomic E-state index is 0.00807. The van der Waals surface area contributed by atoms with Crippen molar-refractivity contribution < 1.29 is 13.2 Å². The van der Waals surface area contributed by atoms with E-state index < -0.39 is 9.84 Å². The Morgan fingerprint density at radius 2 is 2.00 bits per heavy atom. The molecule has 2 aromatic rings. The molecule has 7 nitrogen and oxygen atoms in total. The lowest BCUT2D eigenvalue weighted by Gasteiger charge is -2.22. The molecule has 1 amide bonds. The quantitative estimate of drug-likeness (QED) is 0.782. The molecule has 1 atom stereocenters. The van der Waals surface area contributed by atoms with Crippen molar-refractivity contribution in [3.63, 3.8) is 0 Å². The second kappa shape index (κ2) is 7.59. The molecular formula is C18H24N4O3S. The first-order valence-electron chi connectivity index (χ1n) is 8.77. The number of hydrogen-bond donors (Lipinski definition) is 1. The van der Waals surface area contributed by atoms with Crippen LogP contribution in [0.4, 0.5) is 0 Å². The fourth-order valence-electron chi connectivity index (χ4n) is 3.38. The molecule has 1 aliphatic heterocycles. The maximum absolute atomic E-state index is 12.5.